The standard InChI is InChI=1S/C27H30N2O7S/c1-18-5-9-22(10-6-18)37(31,32)29(23-16-21(33-3)8-12-24(23)34-4)17-27(30)28-19(2)20-7-11-25-26(15-20)36-14-13-35-25/h5-12,15-16,19H,13-14,17H2,1-4H3,(H,28,30)/t19-/m0/s1. The number of nitrogens with one attached hydrogen (secondary N) is 1. The Bertz CT molecular complexity index is 1370. The zero-order valence-electron chi connectivity index (χ0n) is 21.2. The molecule has 0 aliphatic carbocycles. The molecule has 1 amide bonds. The number of rotatable bonds is 9. The fourth-order valence-electron chi connectivity index (χ4n) is 3.96. The molecule has 3 aromatic rings. The van der Waals surface area contributed by atoms with E-state index in [0.29, 0.717) is 30.5 Å². The summed E-state index contributed by atoms with van der Waals surface area (Å²) in [6, 6.07) is 16.2. The predicted octanol–water partition coefficient (Wildman–Crippen LogP) is 3.86. The Morgan fingerprint density at radius 3 is 2.35 bits per heavy atom. The number of sulfonamides is 1. The molecule has 3 aromatic carbocycles. The molecule has 37 heavy (non-hydrogen) atoms. The summed E-state index contributed by atoms with van der Waals surface area (Å²) in [4.78, 5) is 13.3. The van der Waals surface area contributed by atoms with Gasteiger partial charge in [-0.05, 0) is 55.8 Å². The third-order valence-electron chi connectivity index (χ3n) is 5.99. The molecule has 1 aliphatic heterocycles. The highest BCUT2D eigenvalue weighted by Crippen LogP contribution is 2.36. The summed E-state index contributed by atoms with van der Waals surface area (Å²) in [5.74, 6) is 1.46. The molecule has 0 radical (unpaired) electrons. The number of benzene rings is 3. The van der Waals surface area contributed by atoms with Crippen LogP contribution >= 0.6 is 0 Å². The van der Waals surface area contributed by atoms with Crippen LogP contribution in [0.4, 0.5) is 5.69 Å². The fourth-order valence-corrected chi connectivity index (χ4v) is 5.38. The molecule has 4 rings (SSSR count). The van der Waals surface area contributed by atoms with Crippen LogP contribution in [0.25, 0.3) is 0 Å². The first kappa shape index (κ1) is 26.2. The summed E-state index contributed by atoms with van der Waals surface area (Å²) in [6.07, 6.45) is 0. The van der Waals surface area contributed by atoms with Crippen molar-refractivity contribution >= 4 is 21.6 Å². The lowest BCUT2D eigenvalue weighted by atomic mass is 10.1. The van der Waals surface area contributed by atoms with Gasteiger partial charge in [-0.1, -0.05) is 23.8 Å². The first-order chi connectivity index (χ1) is 17.7. The van der Waals surface area contributed by atoms with E-state index >= 15 is 0 Å². The highest BCUT2D eigenvalue weighted by Gasteiger charge is 2.30. The van der Waals surface area contributed by atoms with Crippen LogP contribution in [0.2, 0.25) is 0 Å². The van der Waals surface area contributed by atoms with Gasteiger partial charge in [-0.25, -0.2) is 8.42 Å². The lowest BCUT2D eigenvalue weighted by molar-refractivity contribution is -0.120. The number of ether oxygens (including phenoxy) is 4. The second kappa shape index (κ2) is 11.0. The second-order valence-corrected chi connectivity index (χ2v) is 10.4. The van der Waals surface area contributed by atoms with Crippen LogP contribution in [0.15, 0.2) is 65.6 Å². The van der Waals surface area contributed by atoms with E-state index in [0.717, 1.165) is 15.4 Å². The summed E-state index contributed by atoms with van der Waals surface area (Å²) in [5, 5.41) is 2.89. The van der Waals surface area contributed by atoms with Gasteiger partial charge in [0.15, 0.2) is 11.5 Å². The van der Waals surface area contributed by atoms with Crippen molar-refractivity contribution in [1.82, 2.24) is 5.32 Å². The number of hydrogen-bond donors (Lipinski definition) is 1. The summed E-state index contributed by atoms with van der Waals surface area (Å²) in [7, 11) is -1.22. The maximum absolute atomic E-state index is 13.8. The zero-order chi connectivity index (χ0) is 26.6. The monoisotopic (exact) mass is 526 g/mol. The first-order valence-corrected chi connectivity index (χ1v) is 13.2. The Balaban J connectivity index is 1.65. The Morgan fingerprint density at radius 1 is 0.973 bits per heavy atom. The molecule has 0 saturated carbocycles. The van der Waals surface area contributed by atoms with E-state index in [9.17, 15) is 13.2 Å². The van der Waals surface area contributed by atoms with Crippen molar-refractivity contribution in [2.45, 2.75) is 24.8 Å². The van der Waals surface area contributed by atoms with Gasteiger partial charge >= 0.3 is 0 Å². The molecule has 0 fully saturated rings. The van der Waals surface area contributed by atoms with Gasteiger partial charge in [-0.2, -0.15) is 0 Å². The number of fused-ring (bicyclic) bond motifs is 1. The van der Waals surface area contributed by atoms with Crippen molar-refractivity contribution in [3.63, 3.8) is 0 Å². The summed E-state index contributed by atoms with van der Waals surface area (Å²) in [6.45, 7) is 4.14. The van der Waals surface area contributed by atoms with Crippen LogP contribution in [0.1, 0.15) is 24.1 Å². The van der Waals surface area contributed by atoms with Gasteiger partial charge < -0.3 is 24.3 Å². The molecule has 0 spiro atoms. The Morgan fingerprint density at radius 2 is 1.68 bits per heavy atom. The second-order valence-electron chi connectivity index (χ2n) is 8.55. The molecule has 0 aromatic heterocycles. The van der Waals surface area contributed by atoms with Gasteiger partial charge in [-0.15, -0.1) is 0 Å². The maximum Gasteiger partial charge on any atom is 0.264 e. The third kappa shape index (κ3) is 5.75. The van der Waals surface area contributed by atoms with E-state index in [1.807, 2.05) is 26.0 Å². The van der Waals surface area contributed by atoms with Crippen molar-refractivity contribution in [3.05, 3.63) is 71.8 Å². The van der Waals surface area contributed by atoms with Gasteiger partial charge in [0.05, 0.1) is 30.8 Å². The maximum atomic E-state index is 13.8. The molecule has 1 heterocycles. The number of anilines is 1. The van der Waals surface area contributed by atoms with Crippen LogP contribution < -0.4 is 28.6 Å². The fraction of sp³-hybridized carbons (Fsp3) is 0.296. The van der Waals surface area contributed by atoms with Crippen LogP contribution in [-0.4, -0.2) is 48.3 Å². The van der Waals surface area contributed by atoms with Gasteiger partial charge in [0.2, 0.25) is 5.91 Å². The smallest absolute Gasteiger partial charge is 0.264 e. The number of carbonyl (C=O) groups excluding carboxylic acids is 1. The lowest BCUT2D eigenvalue weighted by Crippen LogP contribution is -2.41. The number of amides is 1. The minimum Gasteiger partial charge on any atom is -0.497 e. The summed E-state index contributed by atoms with van der Waals surface area (Å²) in [5.41, 5.74) is 1.89. The van der Waals surface area contributed by atoms with E-state index in [-0.39, 0.29) is 16.3 Å². The van der Waals surface area contributed by atoms with E-state index in [1.54, 1.807) is 30.3 Å². The van der Waals surface area contributed by atoms with Crippen molar-refractivity contribution in [2.24, 2.45) is 0 Å². The Labute approximate surface area is 217 Å². The SMILES string of the molecule is COc1ccc(OC)c(N(CC(=O)N[C@@H](C)c2ccc3c(c2)OCCO3)S(=O)(=O)c2ccc(C)cc2)c1. The van der Waals surface area contributed by atoms with Gasteiger partial charge in [0.1, 0.15) is 31.3 Å². The molecule has 10 heteroatoms. The molecule has 1 atom stereocenters. The number of aryl methyl sites for hydroxylation is 1. The highest BCUT2D eigenvalue weighted by atomic mass is 32.2. The average molecular weight is 527 g/mol. The van der Waals surface area contributed by atoms with Crippen LogP contribution in [0, 0.1) is 6.92 Å². The number of carbonyl (C=O) groups is 1. The Hall–Kier alpha value is -3.92. The minimum absolute atomic E-state index is 0.0515. The van der Waals surface area contributed by atoms with Crippen molar-refractivity contribution in [3.8, 4) is 23.0 Å². The van der Waals surface area contributed by atoms with E-state index in [1.165, 1.54) is 32.4 Å². The molecule has 1 aliphatic rings. The molecular weight excluding hydrogens is 496 g/mol. The molecule has 0 unspecified atom stereocenters. The molecule has 1 N–H and O–H groups in total. The predicted molar refractivity (Wildman–Crippen MR) is 139 cm³/mol. The van der Waals surface area contributed by atoms with Crippen molar-refractivity contribution in [2.75, 3.05) is 38.3 Å². The minimum atomic E-state index is -4.14. The highest BCUT2D eigenvalue weighted by molar-refractivity contribution is 7.92. The Kier molecular flexibility index (Phi) is 7.77. The topological polar surface area (TPSA) is 103 Å². The van der Waals surface area contributed by atoms with Gasteiger partial charge in [0.25, 0.3) is 10.0 Å². The van der Waals surface area contributed by atoms with Crippen LogP contribution in [-0.2, 0) is 14.8 Å². The largest absolute Gasteiger partial charge is 0.497 e. The van der Waals surface area contributed by atoms with Crippen LogP contribution in [0.5, 0.6) is 23.0 Å². The van der Waals surface area contributed by atoms with E-state index < -0.39 is 28.5 Å². The third-order valence-corrected chi connectivity index (χ3v) is 7.77. The molecule has 9 nitrogen and oxygen atoms in total. The normalized spacial score (nSPS) is 13.4. The average Bonchev–Trinajstić information content (AvgIpc) is 2.91. The molecule has 196 valence electrons. The lowest BCUT2D eigenvalue weighted by Gasteiger charge is -2.27. The summed E-state index contributed by atoms with van der Waals surface area (Å²) >= 11 is 0. The quantitative estimate of drug-likeness (QED) is 0.452. The van der Waals surface area contributed by atoms with Gasteiger partial charge in [-0.3, -0.25) is 9.10 Å². The van der Waals surface area contributed by atoms with Gasteiger partial charge in [0, 0.05) is 6.07 Å². The van der Waals surface area contributed by atoms with Crippen LogP contribution in [0.3, 0.4) is 0 Å². The van der Waals surface area contributed by atoms with E-state index in [2.05, 4.69) is 5.32 Å². The molecule has 0 saturated heterocycles. The number of nitrogens with zero attached hydrogens (tertiary/aromatic N) is 1. The zero-order valence-corrected chi connectivity index (χ0v) is 22.0. The first-order valence-electron chi connectivity index (χ1n) is 11.7. The summed E-state index contributed by atoms with van der Waals surface area (Å²) < 4.78 is 50.6. The van der Waals surface area contributed by atoms with Crippen molar-refractivity contribution < 1.29 is 32.2 Å². The molecular formula is C27H30N2O7S. The number of hydrogen-bond acceptors (Lipinski definition) is 7. The van der Waals surface area contributed by atoms with E-state index in [4.69, 9.17) is 18.9 Å². The molecule has 0 bridgehead atoms. The number of methoxy groups -OCH3 is 2. The van der Waals surface area contributed by atoms with Crippen molar-refractivity contribution in [1.29, 1.82) is 0 Å².